The van der Waals surface area contributed by atoms with Crippen LogP contribution in [0.4, 0.5) is 5.69 Å². The largest absolute Gasteiger partial charge is 0.329 e. The Morgan fingerprint density at radius 1 is 1.05 bits per heavy atom. The molecule has 0 aliphatic rings. The number of halogens is 2. The van der Waals surface area contributed by atoms with Crippen LogP contribution in [0, 0.1) is 0 Å². The molecular formula is C15H14Br2N2O. The Morgan fingerprint density at radius 3 is 2.20 bits per heavy atom. The Kier molecular flexibility index (Phi) is 5.34. The number of nitrogens with two attached hydrogens (primary N) is 1. The number of nitrogens with one attached hydrogen (secondary N) is 1. The van der Waals surface area contributed by atoms with E-state index in [0.717, 1.165) is 14.5 Å². The molecule has 0 radical (unpaired) electrons. The van der Waals surface area contributed by atoms with Gasteiger partial charge in [-0.05, 0) is 49.6 Å². The molecule has 104 valence electrons. The van der Waals surface area contributed by atoms with Crippen molar-refractivity contribution in [3.63, 3.8) is 0 Å². The second kappa shape index (κ2) is 7.02. The van der Waals surface area contributed by atoms with Crippen molar-refractivity contribution in [1.82, 2.24) is 0 Å². The Hall–Kier alpha value is -1.17. The topological polar surface area (TPSA) is 55.1 Å². The monoisotopic (exact) mass is 396 g/mol. The molecule has 20 heavy (non-hydrogen) atoms. The van der Waals surface area contributed by atoms with Crippen LogP contribution in [-0.2, 0) is 4.79 Å². The second-order valence-corrected chi connectivity index (χ2v) is 5.99. The first-order valence-electron chi connectivity index (χ1n) is 6.13. The van der Waals surface area contributed by atoms with Gasteiger partial charge in [0.25, 0.3) is 0 Å². The number of amides is 1. The molecule has 1 unspecified atom stereocenters. The van der Waals surface area contributed by atoms with Crippen LogP contribution in [0.5, 0.6) is 0 Å². The van der Waals surface area contributed by atoms with Gasteiger partial charge in [0.15, 0.2) is 0 Å². The van der Waals surface area contributed by atoms with Crippen LogP contribution in [0.15, 0.2) is 57.5 Å². The maximum atomic E-state index is 12.4. The molecule has 1 amide bonds. The summed E-state index contributed by atoms with van der Waals surface area (Å²) in [4.78, 5) is 12.4. The number of anilines is 1. The summed E-state index contributed by atoms with van der Waals surface area (Å²) in [7, 11) is 0. The normalized spacial score (nSPS) is 11.9. The van der Waals surface area contributed by atoms with Crippen LogP contribution >= 0.6 is 31.9 Å². The summed E-state index contributed by atoms with van der Waals surface area (Å²) in [5, 5.41) is 2.92. The third-order valence-electron chi connectivity index (χ3n) is 2.97. The molecule has 0 bridgehead atoms. The van der Waals surface area contributed by atoms with Gasteiger partial charge in [0.2, 0.25) is 5.91 Å². The Balaban J connectivity index is 2.23. The molecule has 5 heteroatoms. The lowest BCUT2D eigenvalue weighted by Crippen LogP contribution is -2.27. The fourth-order valence-corrected chi connectivity index (χ4v) is 3.10. The van der Waals surface area contributed by atoms with E-state index in [1.165, 1.54) is 0 Å². The molecule has 0 fully saturated rings. The summed E-state index contributed by atoms with van der Waals surface area (Å²) >= 11 is 6.85. The molecule has 3 nitrogen and oxygen atoms in total. The molecule has 0 heterocycles. The minimum atomic E-state index is -0.366. The Bertz CT molecular complexity index is 582. The number of carbonyl (C=O) groups is 1. The van der Waals surface area contributed by atoms with Gasteiger partial charge in [-0.2, -0.15) is 0 Å². The highest BCUT2D eigenvalue weighted by atomic mass is 79.9. The lowest BCUT2D eigenvalue weighted by Gasteiger charge is -2.16. The van der Waals surface area contributed by atoms with Gasteiger partial charge in [-0.15, -0.1) is 0 Å². The summed E-state index contributed by atoms with van der Waals surface area (Å²) in [6.45, 7) is 0.262. The maximum absolute atomic E-state index is 12.4. The minimum Gasteiger partial charge on any atom is -0.329 e. The average Bonchev–Trinajstić information content (AvgIpc) is 2.45. The van der Waals surface area contributed by atoms with Crippen LogP contribution in [0.25, 0.3) is 0 Å². The van der Waals surface area contributed by atoms with Crippen molar-refractivity contribution in [3.8, 4) is 0 Å². The fourth-order valence-electron chi connectivity index (χ4n) is 1.91. The first-order valence-corrected chi connectivity index (χ1v) is 7.72. The zero-order chi connectivity index (χ0) is 14.5. The molecule has 0 aliphatic heterocycles. The zero-order valence-corrected chi connectivity index (χ0v) is 13.8. The number of rotatable bonds is 4. The van der Waals surface area contributed by atoms with Crippen molar-refractivity contribution >= 4 is 43.5 Å². The zero-order valence-electron chi connectivity index (χ0n) is 10.6. The quantitative estimate of drug-likeness (QED) is 0.822. The van der Waals surface area contributed by atoms with Crippen LogP contribution in [0.1, 0.15) is 11.5 Å². The van der Waals surface area contributed by atoms with E-state index < -0.39 is 0 Å². The average molecular weight is 398 g/mol. The van der Waals surface area contributed by atoms with Gasteiger partial charge in [0.1, 0.15) is 0 Å². The number of benzene rings is 2. The van der Waals surface area contributed by atoms with E-state index in [1.54, 1.807) is 0 Å². The van der Waals surface area contributed by atoms with Gasteiger partial charge in [-0.1, -0.05) is 36.4 Å². The molecule has 0 aliphatic carbocycles. The van der Waals surface area contributed by atoms with Gasteiger partial charge in [-0.25, -0.2) is 0 Å². The highest BCUT2D eigenvalue weighted by Crippen LogP contribution is 2.31. The Morgan fingerprint density at radius 2 is 1.65 bits per heavy atom. The summed E-state index contributed by atoms with van der Waals surface area (Å²) in [5.41, 5.74) is 7.38. The van der Waals surface area contributed by atoms with Crippen LogP contribution < -0.4 is 11.1 Å². The molecule has 2 rings (SSSR count). The summed E-state index contributed by atoms with van der Waals surface area (Å²) in [6.07, 6.45) is 0. The molecule has 1 atom stereocenters. The number of para-hydroxylation sites is 1. The lowest BCUT2D eigenvalue weighted by atomic mass is 9.98. The number of hydrogen-bond acceptors (Lipinski definition) is 2. The predicted molar refractivity (Wildman–Crippen MR) is 88.7 cm³/mol. The van der Waals surface area contributed by atoms with E-state index in [4.69, 9.17) is 5.73 Å². The van der Waals surface area contributed by atoms with Crippen LogP contribution in [-0.4, -0.2) is 12.5 Å². The highest BCUT2D eigenvalue weighted by Gasteiger charge is 2.20. The fraction of sp³-hybridized carbons (Fsp3) is 0.133. The minimum absolute atomic E-state index is 0.119. The van der Waals surface area contributed by atoms with E-state index in [2.05, 4.69) is 37.2 Å². The van der Waals surface area contributed by atoms with Gasteiger partial charge < -0.3 is 11.1 Å². The highest BCUT2D eigenvalue weighted by molar-refractivity contribution is 9.11. The number of hydrogen-bond donors (Lipinski definition) is 2. The van der Waals surface area contributed by atoms with Crippen molar-refractivity contribution in [2.24, 2.45) is 5.73 Å². The van der Waals surface area contributed by atoms with E-state index >= 15 is 0 Å². The molecular weight excluding hydrogens is 384 g/mol. The maximum Gasteiger partial charge on any atom is 0.233 e. The van der Waals surface area contributed by atoms with Gasteiger partial charge in [0.05, 0.1) is 11.6 Å². The van der Waals surface area contributed by atoms with Crippen molar-refractivity contribution in [2.45, 2.75) is 5.92 Å². The van der Waals surface area contributed by atoms with Crippen molar-refractivity contribution < 1.29 is 4.79 Å². The smallest absolute Gasteiger partial charge is 0.233 e. The van der Waals surface area contributed by atoms with E-state index in [0.29, 0.717) is 5.69 Å². The molecule has 2 aromatic carbocycles. The van der Waals surface area contributed by atoms with Crippen LogP contribution in [0.2, 0.25) is 0 Å². The summed E-state index contributed by atoms with van der Waals surface area (Å²) in [6, 6.07) is 15.2. The van der Waals surface area contributed by atoms with Gasteiger partial charge in [0, 0.05) is 15.5 Å². The van der Waals surface area contributed by atoms with Gasteiger partial charge in [-0.3, -0.25) is 4.79 Å². The first kappa shape index (κ1) is 15.2. The van der Waals surface area contributed by atoms with Crippen LogP contribution in [0.3, 0.4) is 0 Å². The third kappa shape index (κ3) is 3.48. The Labute approximate surface area is 134 Å². The summed E-state index contributed by atoms with van der Waals surface area (Å²) < 4.78 is 1.65. The van der Waals surface area contributed by atoms with Crippen molar-refractivity contribution in [1.29, 1.82) is 0 Å². The van der Waals surface area contributed by atoms with Crippen molar-refractivity contribution in [2.75, 3.05) is 11.9 Å². The van der Waals surface area contributed by atoms with E-state index in [9.17, 15) is 4.79 Å². The first-order chi connectivity index (χ1) is 9.63. The number of carbonyl (C=O) groups excluding carboxylic acids is 1. The molecule has 0 saturated heterocycles. The van der Waals surface area contributed by atoms with Gasteiger partial charge >= 0.3 is 0 Å². The predicted octanol–water partition coefficient (Wildman–Crippen LogP) is 3.89. The molecule has 0 aromatic heterocycles. The molecule has 3 N–H and O–H groups in total. The lowest BCUT2D eigenvalue weighted by molar-refractivity contribution is -0.117. The van der Waals surface area contributed by atoms with Crippen molar-refractivity contribution in [3.05, 3.63) is 63.0 Å². The standard InChI is InChI=1S/C15H14Br2N2O/c16-12-7-4-8-13(17)14(12)19-15(20)11(9-18)10-5-2-1-3-6-10/h1-8,11H,9,18H2,(H,19,20). The summed E-state index contributed by atoms with van der Waals surface area (Å²) in [5.74, 6) is -0.485. The second-order valence-electron chi connectivity index (χ2n) is 4.28. The SMILES string of the molecule is NCC(C(=O)Nc1c(Br)cccc1Br)c1ccccc1. The molecule has 0 saturated carbocycles. The molecule has 0 spiro atoms. The third-order valence-corrected chi connectivity index (χ3v) is 4.29. The van der Waals surface area contributed by atoms with E-state index in [-0.39, 0.29) is 18.4 Å². The molecule has 2 aromatic rings. The van der Waals surface area contributed by atoms with E-state index in [1.807, 2.05) is 48.5 Å².